The molecule has 0 saturated heterocycles. The fourth-order valence-corrected chi connectivity index (χ4v) is 3.25. The number of unbranched alkanes of at least 4 members (excludes halogenated alkanes) is 14. The molecule has 0 heterocycles. The van der Waals surface area contributed by atoms with E-state index in [2.05, 4.69) is 11.7 Å². The van der Waals surface area contributed by atoms with E-state index in [1.165, 1.54) is 77.0 Å². The molecule has 0 aromatic heterocycles. The molecule has 0 amide bonds. The van der Waals surface area contributed by atoms with Crippen molar-refractivity contribution < 1.29 is 36.6 Å². The molecule has 0 atom stereocenters. The monoisotopic (exact) mass is 470 g/mol. The topological polar surface area (TPSA) is 52.6 Å². The van der Waals surface area contributed by atoms with Crippen LogP contribution in [0.3, 0.4) is 0 Å². The van der Waals surface area contributed by atoms with Gasteiger partial charge >= 0.3 is 24.3 Å². The maximum absolute atomic E-state index is 12.6. The molecule has 0 saturated carbocycles. The van der Waals surface area contributed by atoms with Crippen molar-refractivity contribution in [2.24, 2.45) is 0 Å². The summed E-state index contributed by atoms with van der Waals surface area (Å²) in [5, 5.41) is 0. The maximum Gasteiger partial charge on any atom is 0.340 e. The Labute approximate surface area is 190 Å². The summed E-state index contributed by atoms with van der Waals surface area (Å²) in [4.78, 5) is 22.7. The highest BCUT2D eigenvalue weighted by molar-refractivity contribution is 5.77. The van der Waals surface area contributed by atoms with Crippen LogP contribution in [0.25, 0.3) is 0 Å². The first-order chi connectivity index (χ1) is 15.3. The van der Waals surface area contributed by atoms with E-state index in [0.717, 1.165) is 19.3 Å². The molecule has 0 aliphatic carbocycles. The van der Waals surface area contributed by atoms with Crippen LogP contribution in [0.15, 0.2) is 0 Å². The van der Waals surface area contributed by atoms with Crippen LogP contribution < -0.4 is 0 Å². The molecule has 190 valence electrons. The predicted octanol–water partition coefficient (Wildman–Crippen LogP) is 7.62. The van der Waals surface area contributed by atoms with Crippen molar-refractivity contribution in [1.82, 2.24) is 0 Å². The van der Waals surface area contributed by atoms with Crippen LogP contribution in [-0.4, -0.2) is 37.5 Å². The number of alkyl halides is 4. The molecular formula is C24H42F4O4. The molecule has 0 bridgehead atoms. The minimum atomic E-state index is -4.39. The third-order valence-electron chi connectivity index (χ3n) is 5.29. The summed E-state index contributed by atoms with van der Waals surface area (Å²) in [6.07, 6.45) is 13.8. The van der Waals surface area contributed by atoms with Crippen LogP contribution in [-0.2, 0) is 19.1 Å². The lowest BCUT2D eigenvalue weighted by Gasteiger charge is -2.14. The molecule has 32 heavy (non-hydrogen) atoms. The van der Waals surface area contributed by atoms with Gasteiger partial charge in [-0.25, -0.2) is 8.78 Å². The van der Waals surface area contributed by atoms with Crippen molar-refractivity contribution in [1.29, 1.82) is 0 Å². The normalized spacial score (nSPS) is 11.7. The third kappa shape index (κ3) is 19.4. The van der Waals surface area contributed by atoms with Crippen LogP contribution in [0.4, 0.5) is 17.6 Å². The second kappa shape index (κ2) is 20.3. The molecule has 0 N–H and O–H groups in total. The summed E-state index contributed by atoms with van der Waals surface area (Å²) < 4.78 is 58.2. The van der Waals surface area contributed by atoms with Crippen molar-refractivity contribution in [3.63, 3.8) is 0 Å². The molecule has 8 heteroatoms. The van der Waals surface area contributed by atoms with Gasteiger partial charge < -0.3 is 9.47 Å². The van der Waals surface area contributed by atoms with E-state index in [0.29, 0.717) is 0 Å². The van der Waals surface area contributed by atoms with Crippen molar-refractivity contribution in [3.8, 4) is 0 Å². The van der Waals surface area contributed by atoms with Gasteiger partial charge in [-0.1, -0.05) is 96.8 Å². The fraction of sp³-hybridized carbons (Fsp3) is 0.917. The Morgan fingerprint density at radius 2 is 1.03 bits per heavy atom. The summed E-state index contributed by atoms with van der Waals surface area (Å²) in [7, 11) is 0. The molecule has 4 nitrogen and oxygen atoms in total. The van der Waals surface area contributed by atoms with Crippen LogP contribution in [0.2, 0.25) is 0 Å². The van der Waals surface area contributed by atoms with E-state index in [1.807, 2.05) is 0 Å². The van der Waals surface area contributed by atoms with Crippen LogP contribution in [0, 0.1) is 0 Å². The Balaban J connectivity index is 3.38. The van der Waals surface area contributed by atoms with E-state index in [4.69, 9.17) is 4.74 Å². The third-order valence-corrected chi connectivity index (χ3v) is 5.29. The summed E-state index contributed by atoms with van der Waals surface area (Å²) in [5.74, 6) is -6.15. The van der Waals surface area contributed by atoms with Gasteiger partial charge in [0.2, 0.25) is 0 Å². The number of halogens is 4. The van der Waals surface area contributed by atoms with Crippen LogP contribution in [0.1, 0.15) is 116 Å². The lowest BCUT2D eigenvalue weighted by atomic mass is 10.0. The SMILES string of the molecule is CCCCCCCCCCCCCCCCCOC(=O)CCC(=O)OCC(F)(F)C(F)F. The molecule has 0 aromatic rings. The highest BCUT2D eigenvalue weighted by Gasteiger charge is 2.42. The van der Waals surface area contributed by atoms with E-state index in [1.54, 1.807) is 0 Å². The number of rotatable bonds is 22. The van der Waals surface area contributed by atoms with Gasteiger partial charge in [0.25, 0.3) is 0 Å². The van der Waals surface area contributed by atoms with Gasteiger partial charge in [-0.05, 0) is 6.42 Å². The molecular weight excluding hydrogens is 428 g/mol. The van der Waals surface area contributed by atoms with Crippen molar-refractivity contribution >= 4 is 11.9 Å². The predicted molar refractivity (Wildman–Crippen MR) is 117 cm³/mol. The molecule has 0 unspecified atom stereocenters. The molecule has 0 rings (SSSR count). The van der Waals surface area contributed by atoms with E-state index < -0.39 is 37.3 Å². The first-order valence-electron chi connectivity index (χ1n) is 12.3. The summed E-state index contributed by atoms with van der Waals surface area (Å²) >= 11 is 0. The number of esters is 2. The van der Waals surface area contributed by atoms with Gasteiger partial charge in [0, 0.05) is 0 Å². The van der Waals surface area contributed by atoms with Crippen molar-refractivity contribution in [3.05, 3.63) is 0 Å². The minimum Gasteiger partial charge on any atom is -0.466 e. The summed E-state index contributed by atoms with van der Waals surface area (Å²) in [6.45, 7) is 0.786. The largest absolute Gasteiger partial charge is 0.466 e. The smallest absolute Gasteiger partial charge is 0.340 e. The Kier molecular flexibility index (Phi) is 19.4. The highest BCUT2D eigenvalue weighted by atomic mass is 19.3. The van der Waals surface area contributed by atoms with Gasteiger partial charge in [0.1, 0.15) is 0 Å². The van der Waals surface area contributed by atoms with Crippen LogP contribution >= 0.6 is 0 Å². The molecule has 0 spiro atoms. The zero-order valence-corrected chi connectivity index (χ0v) is 19.7. The quantitative estimate of drug-likeness (QED) is 0.0927. The molecule has 0 radical (unpaired) electrons. The first kappa shape index (κ1) is 30.7. The standard InChI is InChI=1S/C24H42F4O4/c1-2-3-4-5-6-7-8-9-10-11-12-13-14-15-16-19-31-21(29)17-18-22(30)32-20-24(27,28)23(25)26/h23H,2-20H2,1H3. The van der Waals surface area contributed by atoms with Crippen molar-refractivity contribution in [2.45, 2.75) is 128 Å². The average molecular weight is 471 g/mol. The van der Waals surface area contributed by atoms with Gasteiger partial charge in [-0.2, -0.15) is 8.78 Å². The Morgan fingerprint density at radius 3 is 1.44 bits per heavy atom. The fourth-order valence-electron chi connectivity index (χ4n) is 3.25. The Bertz CT molecular complexity index is 473. The first-order valence-corrected chi connectivity index (χ1v) is 12.3. The summed E-state index contributed by atoms with van der Waals surface area (Å²) in [5.41, 5.74) is 0. The number of carbonyl (C=O) groups is 2. The second-order valence-electron chi connectivity index (χ2n) is 8.39. The zero-order chi connectivity index (χ0) is 24.1. The maximum atomic E-state index is 12.6. The second-order valence-corrected chi connectivity index (χ2v) is 8.39. The lowest BCUT2D eigenvalue weighted by Crippen LogP contribution is -2.33. The number of hydrogen-bond acceptors (Lipinski definition) is 4. The number of carbonyl (C=O) groups excluding carboxylic acids is 2. The molecule has 0 aliphatic heterocycles. The van der Waals surface area contributed by atoms with Crippen molar-refractivity contribution in [2.75, 3.05) is 13.2 Å². The molecule has 0 aromatic carbocycles. The number of hydrogen-bond donors (Lipinski definition) is 0. The lowest BCUT2D eigenvalue weighted by molar-refractivity contribution is -0.180. The van der Waals surface area contributed by atoms with Crippen LogP contribution in [0.5, 0.6) is 0 Å². The average Bonchev–Trinajstić information content (AvgIpc) is 2.75. The Morgan fingerprint density at radius 1 is 0.656 bits per heavy atom. The Hall–Kier alpha value is -1.34. The minimum absolute atomic E-state index is 0.246. The van der Waals surface area contributed by atoms with E-state index in [9.17, 15) is 27.2 Å². The van der Waals surface area contributed by atoms with E-state index >= 15 is 0 Å². The number of ether oxygens (including phenoxy) is 2. The van der Waals surface area contributed by atoms with Gasteiger partial charge in [0.15, 0.2) is 6.61 Å². The van der Waals surface area contributed by atoms with E-state index in [-0.39, 0.29) is 13.0 Å². The highest BCUT2D eigenvalue weighted by Crippen LogP contribution is 2.23. The summed E-state index contributed by atoms with van der Waals surface area (Å²) in [6, 6.07) is 0. The molecule has 0 aliphatic rings. The zero-order valence-electron chi connectivity index (χ0n) is 19.7. The molecule has 0 fully saturated rings. The van der Waals surface area contributed by atoms with Gasteiger partial charge in [-0.15, -0.1) is 0 Å². The van der Waals surface area contributed by atoms with Gasteiger partial charge in [0.05, 0.1) is 19.4 Å². The van der Waals surface area contributed by atoms with Gasteiger partial charge in [-0.3, -0.25) is 9.59 Å².